The van der Waals surface area contributed by atoms with Gasteiger partial charge >= 0.3 is 34.4 Å². The molecule has 0 amide bonds. The van der Waals surface area contributed by atoms with Crippen molar-refractivity contribution < 1.29 is 26.6 Å². The smallest absolute Gasteiger partial charge is 1.00 e. The average Bonchev–Trinajstić information content (AvgIpc) is 2.61. The van der Waals surface area contributed by atoms with Crippen LogP contribution in [0.1, 0.15) is 25.9 Å². The Hall–Kier alpha value is -0.880. The van der Waals surface area contributed by atoms with Crippen LogP contribution in [0.3, 0.4) is 0 Å². The van der Waals surface area contributed by atoms with Gasteiger partial charge in [-0.2, -0.15) is 0 Å². The van der Waals surface area contributed by atoms with Crippen LogP contribution in [0.5, 0.6) is 0 Å². The first kappa shape index (κ1) is 16.2. The van der Waals surface area contributed by atoms with E-state index in [1.807, 2.05) is 18.5 Å². The third-order valence-corrected chi connectivity index (χ3v) is 2.59. The zero-order valence-corrected chi connectivity index (χ0v) is 11.0. The van der Waals surface area contributed by atoms with E-state index in [9.17, 15) is 25.2 Å². The fourth-order valence-corrected chi connectivity index (χ4v) is 1.90. The third kappa shape index (κ3) is 8.77. The summed E-state index contributed by atoms with van der Waals surface area (Å²) in [7, 11) is -8.47. The number of aromatic nitrogens is 1. The van der Waals surface area contributed by atoms with Gasteiger partial charge in [0, 0.05) is 18.4 Å². The number of hydrogen-bond donors (Lipinski definition) is 0. The van der Waals surface area contributed by atoms with Crippen molar-refractivity contribution in [3.63, 3.8) is 0 Å². The normalized spacial score (nSPS) is 24.1. The Kier molecular flexibility index (Phi) is 3.91. The first-order chi connectivity index (χ1) is 8.33. The van der Waals surface area contributed by atoms with E-state index < -0.39 is 7.81 Å². The number of nitrogens with zero attached hydrogens (tertiary/aromatic N) is 2. The molecule has 0 bridgehead atoms. The van der Waals surface area contributed by atoms with E-state index in [1.165, 1.54) is 24.9 Å². The van der Waals surface area contributed by atoms with Gasteiger partial charge in [0.25, 0.3) is 0 Å². The molecule has 2 heterocycles. The van der Waals surface area contributed by atoms with E-state index in [2.05, 4.69) is 23.0 Å². The minimum atomic E-state index is -10.7. The van der Waals surface area contributed by atoms with Gasteiger partial charge in [0.05, 0.1) is 0 Å². The molecule has 0 N–H and O–H groups in total. The first-order valence-electron chi connectivity index (χ1n) is 5.49. The minimum Gasteiger partial charge on any atom is 1.00 e. The van der Waals surface area contributed by atoms with Crippen LogP contribution in [-0.4, -0.2) is 23.5 Å². The molecule has 2 nitrogen and oxygen atoms in total. The summed E-state index contributed by atoms with van der Waals surface area (Å²) in [6, 6.07) is 4.79. The van der Waals surface area contributed by atoms with Crippen molar-refractivity contribution in [3.05, 3.63) is 30.1 Å². The predicted octanol–water partition coefficient (Wildman–Crippen LogP) is 5.34. The Balaban J connectivity index is 0.000000396. The number of likely N-dealkylation sites (tertiary alicyclic amines) is 1. The van der Waals surface area contributed by atoms with Crippen molar-refractivity contribution in [2.24, 2.45) is 0 Å². The summed E-state index contributed by atoms with van der Waals surface area (Å²) in [5.74, 6) is 0. The van der Waals surface area contributed by atoms with E-state index in [4.69, 9.17) is 0 Å². The topological polar surface area (TPSA) is 16.1 Å². The zero-order valence-electron chi connectivity index (χ0n) is 11.1. The molecular formula is C10H15F6N2P. The average molecular weight is 308 g/mol. The van der Waals surface area contributed by atoms with Crippen molar-refractivity contribution in [2.45, 2.75) is 18.9 Å². The molecule has 1 aromatic heterocycles. The van der Waals surface area contributed by atoms with Crippen LogP contribution in [-0.2, 0) is 0 Å². The maximum Gasteiger partial charge on any atom is 1.00 e. The molecule has 0 radical (unpaired) electrons. The summed E-state index contributed by atoms with van der Waals surface area (Å²) in [5.41, 5.74) is 1.36. The maximum absolute atomic E-state index is 10.7. The van der Waals surface area contributed by atoms with E-state index in [1.54, 1.807) is 0 Å². The summed E-state index contributed by atoms with van der Waals surface area (Å²) in [4.78, 5) is 6.54. The van der Waals surface area contributed by atoms with Gasteiger partial charge in [-0.05, 0) is 38.1 Å². The van der Waals surface area contributed by atoms with Gasteiger partial charge in [0.15, 0.2) is 0 Å². The van der Waals surface area contributed by atoms with E-state index in [0.717, 1.165) is 0 Å². The number of pyridine rings is 1. The molecule has 0 spiro atoms. The number of halogens is 6. The Labute approximate surface area is 108 Å². The molecule has 19 heavy (non-hydrogen) atoms. The van der Waals surface area contributed by atoms with Crippen LogP contribution in [0.25, 0.3) is 0 Å². The molecule has 1 unspecified atom stereocenters. The molecule has 112 valence electrons. The summed E-state index contributed by atoms with van der Waals surface area (Å²) >= 11 is 0. The summed E-state index contributed by atoms with van der Waals surface area (Å²) in [5, 5.41) is 0. The van der Waals surface area contributed by atoms with Crippen LogP contribution >= 0.6 is 7.81 Å². The van der Waals surface area contributed by atoms with Gasteiger partial charge in [-0.1, -0.05) is 6.07 Å². The first-order valence-corrected chi connectivity index (χ1v) is 7.52. The van der Waals surface area contributed by atoms with Gasteiger partial charge < -0.3 is 0 Å². The van der Waals surface area contributed by atoms with Crippen LogP contribution in [0.2, 0.25) is 0 Å². The van der Waals surface area contributed by atoms with Crippen LogP contribution in [0.15, 0.2) is 24.5 Å². The Morgan fingerprint density at radius 2 is 1.84 bits per heavy atom. The molecule has 1 aliphatic heterocycles. The van der Waals surface area contributed by atoms with Crippen molar-refractivity contribution in [2.75, 3.05) is 13.6 Å². The molecule has 9 heteroatoms. The second-order valence-corrected chi connectivity index (χ2v) is 6.30. The van der Waals surface area contributed by atoms with Crippen molar-refractivity contribution in [1.82, 2.24) is 9.88 Å². The fraction of sp³-hybridized carbons (Fsp3) is 0.500. The number of rotatable bonds is 1. The second kappa shape index (κ2) is 4.59. The Bertz CT molecular complexity index is 412. The van der Waals surface area contributed by atoms with Gasteiger partial charge in [-0.15, -0.1) is 0 Å². The molecule has 1 fully saturated rings. The summed E-state index contributed by atoms with van der Waals surface area (Å²) < 4.78 is 59.2. The molecule has 1 aliphatic rings. The van der Waals surface area contributed by atoms with Crippen molar-refractivity contribution in [3.8, 4) is 0 Å². The molecule has 1 atom stereocenters. The second-order valence-electron chi connectivity index (χ2n) is 4.38. The van der Waals surface area contributed by atoms with E-state index >= 15 is 0 Å². The van der Waals surface area contributed by atoms with E-state index in [-0.39, 0.29) is 1.43 Å². The standard InChI is InChI=1S/C10H14N2.F6P/c1-12-7-3-5-10(12)9-4-2-6-11-8-9;1-7(2,3,4,5)6/h2,4,6,8,10H,3,5,7H2,1H3;/q;-1/p+1. The monoisotopic (exact) mass is 308 g/mol. The van der Waals surface area contributed by atoms with Gasteiger partial charge in [-0.3, -0.25) is 9.88 Å². The Morgan fingerprint density at radius 3 is 2.21 bits per heavy atom. The SMILES string of the molecule is CN1CCCC1c1cccnc1.F[P-](F)(F)(F)(F)F.[H+]. The molecule has 1 saturated heterocycles. The predicted molar refractivity (Wildman–Crippen MR) is 63.5 cm³/mol. The molecule has 0 aliphatic carbocycles. The maximum atomic E-state index is 9.87. The molecular weight excluding hydrogens is 293 g/mol. The largest absolute Gasteiger partial charge is 1.00 e. The van der Waals surface area contributed by atoms with Crippen LogP contribution < -0.4 is 0 Å². The third-order valence-electron chi connectivity index (χ3n) is 2.59. The molecule has 0 saturated carbocycles. The number of hydrogen-bond acceptors (Lipinski definition) is 2. The fourth-order valence-electron chi connectivity index (χ4n) is 1.90. The molecule has 2 rings (SSSR count). The van der Waals surface area contributed by atoms with Crippen molar-refractivity contribution >= 4 is 7.81 Å². The molecule has 1 aromatic rings. The van der Waals surface area contributed by atoms with Gasteiger partial charge in [0.2, 0.25) is 0 Å². The van der Waals surface area contributed by atoms with Gasteiger partial charge in [0.1, 0.15) is 0 Å². The minimum absolute atomic E-state index is 0. The van der Waals surface area contributed by atoms with Crippen LogP contribution in [0.4, 0.5) is 25.2 Å². The summed E-state index contributed by atoms with van der Waals surface area (Å²) in [6.07, 6.45) is 6.41. The molecule has 0 aromatic carbocycles. The zero-order chi connectivity index (χ0) is 14.8. The van der Waals surface area contributed by atoms with Gasteiger partial charge in [-0.25, -0.2) is 0 Å². The summed E-state index contributed by atoms with van der Waals surface area (Å²) in [6.45, 7) is 1.22. The van der Waals surface area contributed by atoms with Crippen molar-refractivity contribution in [1.29, 1.82) is 0 Å². The quantitative estimate of drug-likeness (QED) is 0.514. The van der Waals surface area contributed by atoms with Crippen LogP contribution in [0, 0.1) is 0 Å². The van der Waals surface area contributed by atoms with E-state index in [0.29, 0.717) is 6.04 Å². The Morgan fingerprint density at radius 1 is 1.26 bits per heavy atom.